The fourth-order valence-electron chi connectivity index (χ4n) is 2.26. The molecule has 1 aromatic rings. The van der Waals surface area contributed by atoms with E-state index in [0.29, 0.717) is 30.2 Å². The fraction of sp³-hybridized carbons (Fsp3) is 0.467. The van der Waals surface area contributed by atoms with Crippen LogP contribution >= 0.6 is 11.6 Å². The number of halogens is 1. The normalized spacial score (nSPS) is 22.1. The van der Waals surface area contributed by atoms with Crippen molar-refractivity contribution in [2.75, 3.05) is 19.6 Å². The Hall–Kier alpha value is -1.63. The van der Waals surface area contributed by atoms with E-state index in [1.165, 1.54) is 0 Å². The first-order valence-electron chi connectivity index (χ1n) is 7.20. The van der Waals surface area contributed by atoms with E-state index in [0.717, 1.165) is 0 Å². The molecule has 4 N–H and O–H groups in total. The van der Waals surface area contributed by atoms with Crippen LogP contribution in [0.15, 0.2) is 24.3 Å². The smallest absolute Gasteiger partial charge is 0.251 e. The summed E-state index contributed by atoms with van der Waals surface area (Å²) >= 11 is 5.77. The Balaban J connectivity index is 1.80. The highest BCUT2D eigenvalue weighted by Crippen LogP contribution is 2.10. The number of carbonyl (C=O) groups is 2. The summed E-state index contributed by atoms with van der Waals surface area (Å²) in [5, 5.41) is 18.6. The summed E-state index contributed by atoms with van der Waals surface area (Å²) < 4.78 is 0. The van der Waals surface area contributed by atoms with Gasteiger partial charge in [-0.15, -0.1) is 0 Å². The third-order valence-electron chi connectivity index (χ3n) is 3.69. The van der Waals surface area contributed by atoms with Crippen molar-refractivity contribution in [3.8, 4) is 0 Å². The van der Waals surface area contributed by atoms with Crippen molar-refractivity contribution in [1.29, 1.82) is 0 Å². The predicted molar refractivity (Wildman–Crippen MR) is 83.8 cm³/mol. The summed E-state index contributed by atoms with van der Waals surface area (Å²) in [6.07, 6.45) is -0.445. The fourth-order valence-corrected chi connectivity index (χ4v) is 2.39. The van der Waals surface area contributed by atoms with Gasteiger partial charge in [0.05, 0.1) is 6.10 Å². The molecule has 0 bridgehead atoms. The maximum Gasteiger partial charge on any atom is 0.251 e. The lowest BCUT2D eigenvalue weighted by molar-refractivity contribution is -0.122. The van der Waals surface area contributed by atoms with Crippen LogP contribution in [0, 0.1) is 5.92 Å². The van der Waals surface area contributed by atoms with Gasteiger partial charge in [0.15, 0.2) is 0 Å². The summed E-state index contributed by atoms with van der Waals surface area (Å²) in [5.41, 5.74) is 0.444. The van der Waals surface area contributed by atoms with E-state index in [1.54, 1.807) is 31.2 Å². The first kappa shape index (κ1) is 16.7. The Labute approximate surface area is 134 Å². The Morgan fingerprint density at radius 2 is 2.05 bits per heavy atom. The van der Waals surface area contributed by atoms with Gasteiger partial charge in [-0.05, 0) is 31.2 Å². The molecule has 1 aromatic carbocycles. The van der Waals surface area contributed by atoms with E-state index in [-0.39, 0.29) is 17.7 Å². The number of β-amino-alcohol motifs (C(OH)–C–C–N with tert-alkyl or cyclic N) is 1. The summed E-state index contributed by atoms with van der Waals surface area (Å²) in [5.74, 6) is -0.605. The number of rotatable bonds is 5. The van der Waals surface area contributed by atoms with Gasteiger partial charge in [0.2, 0.25) is 5.91 Å². The van der Waals surface area contributed by atoms with Crippen LogP contribution < -0.4 is 16.0 Å². The molecule has 1 saturated heterocycles. The third-order valence-corrected chi connectivity index (χ3v) is 3.94. The number of benzene rings is 1. The van der Waals surface area contributed by atoms with E-state index in [4.69, 9.17) is 11.6 Å². The molecule has 0 aliphatic carbocycles. The van der Waals surface area contributed by atoms with Crippen molar-refractivity contribution in [3.63, 3.8) is 0 Å². The van der Waals surface area contributed by atoms with E-state index >= 15 is 0 Å². The summed E-state index contributed by atoms with van der Waals surface area (Å²) in [4.78, 5) is 24.0. The van der Waals surface area contributed by atoms with E-state index in [9.17, 15) is 14.7 Å². The molecule has 2 amide bonds. The largest absolute Gasteiger partial charge is 0.391 e. The van der Waals surface area contributed by atoms with Crippen LogP contribution in [0.4, 0.5) is 0 Å². The second kappa shape index (κ2) is 7.58. The molecule has 120 valence electrons. The number of aliphatic hydroxyl groups is 1. The molecule has 0 radical (unpaired) electrons. The van der Waals surface area contributed by atoms with Crippen molar-refractivity contribution in [3.05, 3.63) is 34.9 Å². The molecule has 6 nitrogen and oxygen atoms in total. The zero-order valence-electron chi connectivity index (χ0n) is 12.3. The molecule has 1 heterocycles. The Morgan fingerprint density at radius 3 is 2.64 bits per heavy atom. The van der Waals surface area contributed by atoms with Crippen LogP contribution in [0.3, 0.4) is 0 Å². The Kier molecular flexibility index (Phi) is 5.76. The highest BCUT2D eigenvalue weighted by molar-refractivity contribution is 6.30. The lowest BCUT2D eigenvalue weighted by Gasteiger charge is -2.17. The van der Waals surface area contributed by atoms with Gasteiger partial charge in [0.1, 0.15) is 6.04 Å². The quantitative estimate of drug-likeness (QED) is 0.620. The molecule has 1 aliphatic rings. The second-order valence-corrected chi connectivity index (χ2v) is 5.87. The molecule has 1 fully saturated rings. The summed E-state index contributed by atoms with van der Waals surface area (Å²) in [6.45, 7) is 3.22. The molecular formula is C15H20ClN3O3. The van der Waals surface area contributed by atoms with Gasteiger partial charge in [0.25, 0.3) is 5.91 Å². The van der Waals surface area contributed by atoms with E-state index in [2.05, 4.69) is 16.0 Å². The maximum absolute atomic E-state index is 12.0. The number of carbonyl (C=O) groups excluding carboxylic acids is 2. The lowest BCUT2D eigenvalue weighted by atomic mass is 10.1. The summed E-state index contributed by atoms with van der Waals surface area (Å²) in [7, 11) is 0. The van der Waals surface area contributed by atoms with Crippen LogP contribution in [-0.4, -0.2) is 48.7 Å². The molecule has 0 saturated carbocycles. The number of amides is 2. The molecule has 22 heavy (non-hydrogen) atoms. The molecule has 3 atom stereocenters. The second-order valence-electron chi connectivity index (χ2n) is 5.43. The van der Waals surface area contributed by atoms with Gasteiger partial charge >= 0.3 is 0 Å². The molecule has 2 rings (SSSR count). The minimum atomic E-state index is -0.658. The molecule has 7 heteroatoms. The van der Waals surface area contributed by atoms with Crippen molar-refractivity contribution in [2.45, 2.75) is 19.1 Å². The first-order valence-corrected chi connectivity index (χ1v) is 7.58. The van der Waals surface area contributed by atoms with Gasteiger partial charge in [-0.25, -0.2) is 0 Å². The van der Waals surface area contributed by atoms with E-state index in [1.807, 2.05) is 0 Å². The average Bonchev–Trinajstić information content (AvgIpc) is 2.90. The minimum Gasteiger partial charge on any atom is -0.391 e. The lowest BCUT2D eigenvalue weighted by Crippen LogP contribution is -2.46. The minimum absolute atomic E-state index is 0.00289. The molecule has 1 aliphatic heterocycles. The Morgan fingerprint density at radius 1 is 1.36 bits per heavy atom. The first-order chi connectivity index (χ1) is 10.5. The monoisotopic (exact) mass is 325 g/mol. The highest BCUT2D eigenvalue weighted by Gasteiger charge is 2.26. The van der Waals surface area contributed by atoms with Crippen molar-refractivity contribution in [2.24, 2.45) is 5.92 Å². The maximum atomic E-state index is 12.0. The van der Waals surface area contributed by atoms with Crippen LogP contribution in [0.2, 0.25) is 5.02 Å². The van der Waals surface area contributed by atoms with Gasteiger partial charge in [-0.2, -0.15) is 0 Å². The zero-order chi connectivity index (χ0) is 16.1. The predicted octanol–water partition coefficient (Wildman–Crippen LogP) is 0.155. The zero-order valence-corrected chi connectivity index (χ0v) is 13.1. The van der Waals surface area contributed by atoms with Crippen LogP contribution in [0.5, 0.6) is 0 Å². The molecular weight excluding hydrogens is 306 g/mol. The van der Waals surface area contributed by atoms with Crippen LogP contribution in [0.1, 0.15) is 17.3 Å². The highest BCUT2D eigenvalue weighted by atomic mass is 35.5. The van der Waals surface area contributed by atoms with Crippen molar-refractivity contribution >= 4 is 23.4 Å². The SMILES string of the molecule is CC(NC(=O)c1ccc(Cl)cc1)C(=O)NCC1CNCC1O. The molecule has 0 spiro atoms. The number of nitrogens with one attached hydrogen (secondary N) is 3. The van der Waals surface area contributed by atoms with Crippen molar-refractivity contribution < 1.29 is 14.7 Å². The number of aliphatic hydroxyl groups excluding tert-OH is 1. The number of hydrogen-bond acceptors (Lipinski definition) is 4. The summed E-state index contributed by atoms with van der Waals surface area (Å²) in [6, 6.07) is 5.78. The van der Waals surface area contributed by atoms with Gasteiger partial charge in [-0.1, -0.05) is 11.6 Å². The van der Waals surface area contributed by atoms with Crippen LogP contribution in [-0.2, 0) is 4.79 Å². The topological polar surface area (TPSA) is 90.5 Å². The standard InChI is InChI=1S/C15H20ClN3O3/c1-9(14(21)18-7-11-6-17-8-13(11)20)19-15(22)10-2-4-12(16)5-3-10/h2-5,9,11,13,17,20H,6-8H2,1H3,(H,18,21)(H,19,22). The Bertz CT molecular complexity index is 535. The van der Waals surface area contributed by atoms with Gasteiger partial charge in [-0.3, -0.25) is 9.59 Å². The molecule has 0 aromatic heterocycles. The molecule has 3 unspecified atom stereocenters. The average molecular weight is 326 g/mol. The van der Waals surface area contributed by atoms with Crippen molar-refractivity contribution in [1.82, 2.24) is 16.0 Å². The van der Waals surface area contributed by atoms with Gasteiger partial charge in [0, 0.05) is 36.1 Å². The van der Waals surface area contributed by atoms with Gasteiger partial charge < -0.3 is 21.1 Å². The van der Waals surface area contributed by atoms with Crippen LogP contribution in [0.25, 0.3) is 0 Å². The van der Waals surface area contributed by atoms with E-state index < -0.39 is 12.1 Å². The number of hydrogen-bond donors (Lipinski definition) is 4. The third kappa shape index (κ3) is 4.43.